The number of amides is 1. The van der Waals surface area contributed by atoms with Crippen LogP contribution in [-0.4, -0.2) is 39.0 Å². The molecule has 2 aromatic heterocycles. The number of methoxy groups -OCH3 is 1. The van der Waals surface area contributed by atoms with Crippen molar-refractivity contribution in [3.8, 4) is 11.4 Å². The van der Waals surface area contributed by atoms with Crippen LogP contribution in [0.2, 0.25) is 0 Å². The van der Waals surface area contributed by atoms with Crippen LogP contribution in [0.3, 0.4) is 0 Å². The molecule has 0 spiro atoms. The Bertz CT molecular complexity index is 892. The second kappa shape index (κ2) is 7.77. The van der Waals surface area contributed by atoms with E-state index in [1.807, 2.05) is 56.3 Å². The van der Waals surface area contributed by atoms with Gasteiger partial charge in [0.15, 0.2) is 5.69 Å². The summed E-state index contributed by atoms with van der Waals surface area (Å²) in [6.07, 6.45) is 2.39. The first-order valence-electron chi connectivity index (χ1n) is 8.36. The Morgan fingerprint density at radius 1 is 1.27 bits per heavy atom. The number of hydrogen-bond acceptors (Lipinski definition) is 5. The molecule has 0 aliphatic carbocycles. The Morgan fingerprint density at radius 2 is 2.12 bits per heavy atom. The number of carbonyl (C=O) groups excluding carboxylic acids is 1. The molecular formula is C19H21N5O2. The Labute approximate surface area is 152 Å². The van der Waals surface area contributed by atoms with Gasteiger partial charge in [0, 0.05) is 30.4 Å². The lowest BCUT2D eigenvalue weighted by Crippen LogP contribution is -2.35. The molecule has 7 nitrogen and oxygen atoms in total. The van der Waals surface area contributed by atoms with Gasteiger partial charge in [0.1, 0.15) is 5.75 Å². The number of nitrogens with one attached hydrogen (secondary N) is 1. The summed E-state index contributed by atoms with van der Waals surface area (Å²) in [6.45, 7) is 3.76. The monoisotopic (exact) mass is 351 g/mol. The van der Waals surface area contributed by atoms with Gasteiger partial charge >= 0.3 is 0 Å². The summed E-state index contributed by atoms with van der Waals surface area (Å²) in [4.78, 5) is 16.8. The number of ether oxygens (including phenoxy) is 1. The molecule has 0 bridgehead atoms. The largest absolute Gasteiger partial charge is 0.497 e. The first-order chi connectivity index (χ1) is 12.6. The molecule has 2 heterocycles. The maximum absolute atomic E-state index is 12.6. The maximum atomic E-state index is 12.6. The molecule has 1 atom stereocenters. The van der Waals surface area contributed by atoms with Crippen molar-refractivity contribution < 1.29 is 9.53 Å². The average molecular weight is 351 g/mol. The van der Waals surface area contributed by atoms with E-state index in [0.717, 1.165) is 11.4 Å². The van der Waals surface area contributed by atoms with E-state index in [4.69, 9.17) is 4.74 Å². The molecule has 1 N–H and O–H groups in total. The van der Waals surface area contributed by atoms with Crippen LogP contribution in [0.1, 0.15) is 28.8 Å². The van der Waals surface area contributed by atoms with Crippen molar-refractivity contribution in [2.45, 2.75) is 26.3 Å². The molecular weight excluding hydrogens is 330 g/mol. The van der Waals surface area contributed by atoms with Gasteiger partial charge in [-0.25, -0.2) is 4.68 Å². The molecule has 0 aliphatic rings. The molecule has 3 rings (SSSR count). The molecule has 134 valence electrons. The third-order valence-corrected chi connectivity index (χ3v) is 4.03. The standard InChI is InChI=1S/C19H21N5O2/c1-13(11-15-7-4-5-10-20-15)21-19(25)18-14(2)24(23-22-18)16-8-6-9-17(12-16)26-3/h4-10,12-13H,11H2,1-3H3,(H,21,25)/t13-/m0/s1. The zero-order chi connectivity index (χ0) is 18.5. The fourth-order valence-corrected chi connectivity index (χ4v) is 2.70. The number of carbonyl (C=O) groups is 1. The number of benzene rings is 1. The van der Waals surface area contributed by atoms with E-state index in [9.17, 15) is 4.79 Å². The SMILES string of the molecule is COc1cccc(-n2nnc(C(=O)N[C@@H](C)Cc3ccccn3)c2C)c1. The van der Waals surface area contributed by atoms with Gasteiger partial charge in [-0.2, -0.15) is 0 Å². The average Bonchev–Trinajstić information content (AvgIpc) is 3.04. The zero-order valence-electron chi connectivity index (χ0n) is 15.0. The number of pyridine rings is 1. The molecule has 0 radical (unpaired) electrons. The number of nitrogens with zero attached hydrogens (tertiary/aromatic N) is 4. The van der Waals surface area contributed by atoms with Crippen LogP contribution in [0.25, 0.3) is 5.69 Å². The van der Waals surface area contributed by atoms with Crippen LogP contribution >= 0.6 is 0 Å². The second-order valence-electron chi connectivity index (χ2n) is 6.04. The molecule has 0 unspecified atom stereocenters. The highest BCUT2D eigenvalue weighted by molar-refractivity contribution is 5.93. The van der Waals surface area contributed by atoms with E-state index >= 15 is 0 Å². The normalized spacial score (nSPS) is 11.8. The van der Waals surface area contributed by atoms with Crippen LogP contribution in [0, 0.1) is 6.92 Å². The molecule has 0 aliphatic heterocycles. The fraction of sp³-hybridized carbons (Fsp3) is 0.263. The zero-order valence-corrected chi connectivity index (χ0v) is 15.0. The summed E-state index contributed by atoms with van der Waals surface area (Å²) >= 11 is 0. The lowest BCUT2D eigenvalue weighted by atomic mass is 10.1. The minimum atomic E-state index is -0.250. The lowest BCUT2D eigenvalue weighted by molar-refractivity contribution is 0.0934. The highest BCUT2D eigenvalue weighted by atomic mass is 16.5. The summed E-state index contributed by atoms with van der Waals surface area (Å²) < 4.78 is 6.86. The number of aromatic nitrogens is 4. The van der Waals surface area contributed by atoms with Crippen molar-refractivity contribution in [1.29, 1.82) is 0 Å². The van der Waals surface area contributed by atoms with Crippen LogP contribution in [0.5, 0.6) is 5.75 Å². The van der Waals surface area contributed by atoms with Crippen molar-refractivity contribution in [2.75, 3.05) is 7.11 Å². The summed E-state index contributed by atoms with van der Waals surface area (Å²) in [5, 5.41) is 11.1. The summed E-state index contributed by atoms with van der Waals surface area (Å²) in [6, 6.07) is 13.1. The van der Waals surface area contributed by atoms with Gasteiger partial charge in [0.25, 0.3) is 5.91 Å². The maximum Gasteiger partial charge on any atom is 0.273 e. The smallest absolute Gasteiger partial charge is 0.273 e. The van der Waals surface area contributed by atoms with Crippen LogP contribution in [0.4, 0.5) is 0 Å². The minimum absolute atomic E-state index is 0.0706. The van der Waals surface area contributed by atoms with Gasteiger partial charge in [-0.15, -0.1) is 5.10 Å². The predicted octanol–water partition coefficient (Wildman–Crippen LogP) is 2.34. The van der Waals surface area contributed by atoms with Gasteiger partial charge in [-0.05, 0) is 38.1 Å². The third kappa shape index (κ3) is 3.88. The lowest BCUT2D eigenvalue weighted by Gasteiger charge is -2.12. The van der Waals surface area contributed by atoms with Gasteiger partial charge in [-0.1, -0.05) is 17.3 Å². The van der Waals surface area contributed by atoms with Crippen molar-refractivity contribution in [3.63, 3.8) is 0 Å². The molecule has 3 aromatic rings. The first-order valence-corrected chi connectivity index (χ1v) is 8.36. The van der Waals surface area contributed by atoms with E-state index in [-0.39, 0.29) is 11.9 Å². The number of hydrogen-bond donors (Lipinski definition) is 1. The highest BCUT2D eigenvalue weighted by Gasteiger charge is 2.19. The van der Waals surface area contributed by atoms with Crippen molar-refractivity contribution in [3.05, 3.63) is 65.7 Å². The Morgan fingerprint density at radius 3 is 2.85 bits per heavy atom. The van der Waals surface area contributed by atoms with E-state index in [1.165, 1.54) is 0 Å². The van der Waals surface area contributed by atoms with Crippen LogP contribution < -0.4 is 10.1 Å². The van der Waals surface area contributed by atoms with Gasteiger partial charge in [0.2, 0.25) is 0 Å². The topological polar surface area (TPSA) is 81.9 Å². The Kier molecular flexibility index (Phi) is 5.26. The van der Waals surface area contributed by atoms with E-state index in [0.29, 0.717) is 23.6 Å². The number of rotatable bonds is 6. The minimum Gasteiger partial charge on any atom is -0.497 e. The summed E-state index contributed by atoms with van der Waals surface area (Å²) in [7, 11) is 1.61. The van der Waals surface area contributed by atoms with Crippen molar-refractivity contribution in [1.82, 2.24) is 25.3 Å². The summed E-state index contributed by atoms with van der Waals surface area (Å²) in [5.41, 5.74) is 2.69. The van der Waals surface area contributed by atoms with E-state index < -0.39 is 0 Å². The van der Waals surface area contributed by atoms with E-state index in [1.54, 1.807) is 18.0 Å². The predicted molar refractivity (Wildman–Crippen MR) is 97.5 cm³/mol. The Balaban J connectivity index is 1.73. The van der Waals surface area contributed by atoms with Crippen LogP contribution in [0.15, 0.2) is 48.7 Å². The van der Waals surface area contributed by atoms with Crippen molar-refractivity contribution >= 4 is 5.91 Å². The van der Waals surface area contributed by atoms with Gasteiger partial charge < -0.3 is 10.1 Å². The molecule has 0 saturated carbocycles. The van der Waals surface area contributed by atoms with Gasteiger partial charge in [-0.3, -0.25) is 9.78 Å². The van der Waals surface area contributed by atoms with Crippen LogP contribution in [-0.2, 0) is 6.42 Å². The van der Waals surface area contributed by atoms with Gasteiger partial charge in [0.05, 0.1) is 18.5 Å². The quantitative estimate of drug-likeness (QED) is 0.737. The molecule has 0 saturated heterocycles. The molecule has 0 fully saturated rings. The molecule has 1 aromatic carbocycles. The highest BCUT2D eigenvalue weighted by Crippen LogP contribution is 2.18. The van der Waals surface area contributed by atoms with E-state index in [2.05, 4.69) is 20.6 Å². The Hall–Kier alpha value is -3.22. The fourth-order valence-electron chi connectivity index (χ4n) is 2.70. The van der Waals surface area contributed by atoms with Crippen molar-refractivity contribution in [2.24, 2.45) is 0 Å². The molecule has 26 heavy (non-hydrogen) atoms. The molecule has 1 amide bonds. The second-order valence-corrected chi connectivity index (χ2v) is 6.04. The third-order valence-electron chi connectivity index (χ3n) is 4.03. The summed E-state index contributed by atoms with van der Waals surface area (Å²) in [5.74, 6) is 0.465. The molecule has 7 heteroatoms. The first kappa shape index (κ1) is 17.6.